The molecule has 1 aromatic rings. The zero-order chi connectivity index (χ0) is 22.2. The number of ether oxygens (including phenoxy) is 2. The molecular weight excluding hydrogens is 398 g/mol. The first kappa shape index (κ1) is 23.1. The summed E-state index contributed by atoms with van der Waals surface area (Å²) in [6.07, 6.45) is 3.77. The minimum absolute atomic E-state index is 0.205. The Labute approximate surface area is 183 Å². The van der Waals surface area contributed by atoms with Crippen LogP contribution in [0.25, 0.3) is 0 Å². The van der Waals surface area contributed by atoms with Crippen molar-refractivity contribution < 1.29 is 23.9 Å². The number of esters is 1. The summed E-state index contributed by atoms with van der Waals surface area (Å²) in [6.45, 7) is 4.99. The van der Waals surface area contributed by atoms with Gasteiger partial charge in [-0.25, -0.2) is 9.59 Å². The van der Waals surface area contributed by atoms with Crippen molar-refractivity contribution in [2.24, 2.45) is 0 Å². The van der Waals surface area contributed by atoms with Gasteiger partial charge in [0.15, 0.2) is 0 Å². The van der Waals surface area contributed by atoms with Gasteiger partial charge in [0.2, 0.25) is 5.91 Å². The number of nitrogens with zero attached hydrogens (tertiary/aromatic N) is 2. The van der Waals surface area contributed by atoms with E-state index < -0.39 is 0 Å². The van der Waals surface area contributed by atoms with E-state index in [2.05, 4.69) is 10.2 Å². The third kappa shape index (κ3) is 5.97. The highest BCUT2D eigenvalue weighted by Gasteiger charge is 2.37. The van der Waals surface area contributed by atoms with Crippen molar-refractivity contribution in [1.82, 2.24) is 15.1 Å². The minimum atomic E-state index is -0.335. The summed E-state index contributed by atoms with van der Waals surface area (Å²) in [5, 5.41) is 3.44. The Morgan fingerprint density at radius 2 is 1.84 bits per heavy atom. The molecule has 3 rings (SSSR count). The molecule has 170 valence electrons. The molecule has 0 aromatic heterocycles. The maximum absolute atomic E-state index is 12.5. The highest BCUT2D eigenvalue weighted by molar-refractivity contribution is 5.89. The van der Waals surface area contributed by atoms with Gasteiger partial charge in [-0.15, -0.1) is 0 Å². The Morgan fingerprint density at radius 1 is 1.13 bits per heavy atom. The smallest absolute Gasteiger partial charge is 0.409 e. The third-order valence-electron chi connectivity index (χ3n) is 6.12. The second-order valence-corrected chi connectivity index (χ2v) is 8.06. The van der Waals surface area contributed by atoms with E-state index in [4.69, 9.17) is 9.47 Å². The van der Waals surface area contributed by atoms with E-state index in [-0.39, 0.29) is 30.1 Å². The van der Waals surface area contributed by atoms with Crippen LogP contribution in [0.1, 0.15) is 54.9 Å². The lowest BCUT2D eigenvalue weighted by Crippen LogP contribution is -2.50. The van der Waals surface area contributed by atoms with E-state index in [1.165, 1.54) is 7.11 Å². The maximum atomic E-state index is 12.5. The molecule has 2 saturated heterocycles. The van der Waals surface area contributed by atoms with Crippen LogP contribution in [-0.4, -0.2) is 73.2 Å². The van der Waals surface area contributed by atoms with Gasteiger partial charge in [-0.05, 0) is 56.8 Å². The largest absolute Gasteiger partial charge is 0.465 e. The van der Waals surface area contributed by atoms with E-state index in [1.54, 1.807) is 17.0 Å². The van der Waals surface area contributed by atoms with Gasteiger partial charge in [0.05, 0.1) is 19.3 Å². The molecular formula is C23H33N3O5. The number of piperidine rings is 1. The molecule has 0 aliphatic carbocycles. The van der Waals surface area contributed by atoms with E-state index in [0.29, 0.717) is 38.2 Å². The van der Waals surface area contributed by atoms with Crippen molar-refractivity contribution in [3.63, 3.8) is 0 Å². The molecule has 0 saturated carbocycles. The fraction of sp³-hybridized carbons (Fsp3) is 0.609. The van der Waals surface area contributed by atoms with E-state index in [9.17, 15) is 14.4 Å². The van der Waals surface area contributed by atoms with Gasteiger partial charge < -0.3 is 24.6 Å². The van der Waals surface area contributed by atoms with Crippen LogP contribution in [0.2, 0.25) is 0 Å². The SMILES string of the molecule is CCOC(=O)N1CCC(N2C(=O)CC[C@@H]2CCNCc2ccc(C(=O)OC)cc2)CC1. The number of benzene rings is 1. The second kappa shape index (κ2) is 11.1. The molecule has 1 aromatic carbocycles. The molecule has 2 aliphatic heterocycles. The number of rotatable bonds is 8. The molecule has 0 unspecified atom stereocenters. The van der Waals surface area contributed by atoms with Gasteiger partial charge in [0.1, 0.15) is 0 Å². The predicted molar refractivity (Wildman–Crippen MR) is 116 cm³/mol. The molecule has 2 aliphatic rings. The summed E-state index contributed by atoms with van der Waals surface area (Å²) in [4.78, 5) is 39.8. The van der Waals surface area contributed by atoms with Crippen molar-refractivity contribution in [3.8, 4) is 0 Å². The van der Waals surface area contributed by atoms with Crippen LogP contribution in [0, 0.1) is 0 Å². The van der Waals surface area contributed by atoms with Crippen LogP contribution in [0.15, 0.2) is 24.3 Å². The standard InChI is InChI=1S/C23H33N3O5/c1-3-31-23(29)25-14-11-20(12-15-25)26-19(8-9-21(26)27)10-13-24-16-17-4-6-18(7-5-17)22(28)30-2/h4-7,19-20,24H,3,8-16H2,1-2H3/t19-/m1/s1. The monoisotopic (exact) mass is 431 g/mol. The first-order valence-electron chi connectivity index (χ1n) is 11.1. The quantitative estimate of drug-likeness (QED) is 0.503. The van der Waals surface area contributed by atoms with E-state index in [0.717, 1.165) is 37.8 Å². The Bertz CT molecular complexity index is 759. The maximum Gasteiger partial charge on any atom is 0.409 e. The molecule has 31 heavy (non-hydrogen) atoms. The average Bonchev–Trinajstić information content (AvgIpc) is 3.17. The van der Waals surface area contributed by atoms with Crippen LogP contribution in [0.4, 0.5) is 4.79 Å². The van der Waals surface area contributed by atoms with Gasteiger partial charge in [0.25, 0.3) is 0 Å². The van der Waals surface area contributed by atoms with Crippen LogP contribution < -0.4 is 5.32 Å². The summed E-state index contributed by atoms with van der Waals surface area (Å²) < 4.78 is 9.80. The zero-order valence-corrected chi connectivity index (χ0v) is 18.5. The van der Waals surface area contributed by atoms with Crippen molar-refractivity contribution in [3.05, 3.63) is 35.4 Å². The normalized spacial score (nSPS) is 19.5. The first-order valence-corrected chi connectivity index (χ1v) is 11.1. The number of nitrogens with one attached hydrogen (secondary N) is 1. The lowest BCUT2D eigenvalue weighted by atomic mass is 10.0. The fourth-order valence-electron chi connectivity index (χ4n) is 4.47. The van der Waals surface area contributed by atoms with Crippen LogP contribution in [-0.2, 0) is 20.8 Å². The number of methoxy groups -OCH3 is 1. The lowest BCUT2D eigenvalue weighted by molar-refractivity contribution is -0.132. The summed E-state index contributed by atoms with van der Waals surface area (Å²) >= 11 is 0. The van der Waals surface area contributed by atoms with Crippen molar-refractivity contribution in [2.75, 3.05) is 33.4 Å². The van der Waals surface area contributed by atoms with Gasteiger partial charge in [-0.3, -0.25) is 4.79 Å². The number of carbonyl (C=O) groups is 3. The number of carbonyl (C=O) groups excluding carboxylic acids is 3. The molecule has 1 N–H and O–H groups in total. The molecule has 1 atom stereocenters. The van der Waals surface area contributed by atoms with Crippen LogP contribution in [0.3, 0.4) is 0 Å². The second-order valence-electron chi connectivity index (χ2n) is 8.06. The third-order valence-corrected chi connectivity index (χ3v) is 6.12. The Hall–Kier alpha value is -2.61. The van der Waals surface area contributed by atoms with Crippen LogP contribution in [0.5, 0.6) is 0 Å². The molecule has 2 heterocycles. The molecule has 0 radical (unpaired) electrons. The zero-order valence-electron chi connectivity index (χ0n) is 18.5. The Balaban J connectivity index is 1.43. The van der Waals surface area contributed by atoms with E-state index in [1.807, 2.05) is 19.1 Å². The highest BCUT2D eigenvalue weighted by Crippen LogP contribution is 2.28. The molecule has 2 fully saturated rings. The van der Waals surface area contributed by atoms with Crippen molar-refractivity contribution >= 4 is 18.0 Å². The van der Waals surface area contributed by atoms with Gasteiger partial charge in [0, 0.05) is 38.1 Å². The molecule has 2 amide bonds. The van der Waals surface area contributed by atoms with Crippen LogP contribution >= 0.6 is 0 Å². The minimum Gasteiger partial charge on any atom is -0.465 e. The average molecular weight is 432 g/mol. The summed E-state index contributed by atoms with van der Waals surface area (Å²) in [5.41, 5.74) is 1.64. The summed E-state index contributed by atoms with van der Waals surface area (Å²) in [5.74, 6) is -0.100. The van der Waals surface area contributed by atoms with Gasteiger partial charge in [-0.1, -0.05) is 12.1 Å². The molecule has 8 heteroatoms. The van der Waals surface area contributed by atoms with E-state index >= 15 is 0 Å². The molecule has 0 spiro atoms. The van der Waals surface area contributed by atoms with Crippen molar-refractivity contribution in [2.45, 2.75) is 57.7 Å². The predicted octanol–water partition coefficient (Wildman–Crippen LogP) is 2.56. The Kier molecular flexibility index (Phi) is 8.28. The summed E-state index contributed by atoms with van der Waals surface area (Å²) in [6, 6.07) is 7.83. The molecule has 0 bridgehead atoms. The highest BCUT2D eigenvalue weighted by atomic mass is 16.6. The van der Waals surface area contributed by atoms with Crippen molar-refractivity contribution in [1.29, 1.82) is 0 Å². The number of amides is 2. The van der Waals surface area contributed by atoms with Gasteiger partial charge in [-0.2, -0.15) is 0 Å². The summed E-state index contributed by atoms with van der Waals surface area (Å²) in [7, 11) is 1.37. The number of hydrogen-bond acceptors (Lipinski definition) is 6. The Morgan fingerprint density at radius 3 is 2.48 bits per heavy atom. The van der Waals surface area contributed by atoms with Gasteiger partial charge >= 0.3 is 12.1 Å². The number of hydrogen-bond donors (Lipinski definition) is 1. The fourth-order valence-corrected chi connectivity index (χ4v) is 4.47. The lowest BCUT2D eigenvalue weighted by Gasteiger charge is -2.39. The first-order chi connectivity index (χ1) is 15.0. The number of likely N-dealkylation sites (tertiary alicyclic amines) is 2. The topological polar surface area (TPSA) is 88.2 Å². The molecule has 8 nitrogen and oxygen atoms in total.